The first-order chi connectivity index (χ1) is 16.1. The lowest BCUT2D eigenvalue weighted by molar-refractivity contribution is -0.131. The SMILES string of the molecule is O=C(NCCC(=O)N1CCc2sccc2C1)c1cc(-c2ccc(F)cc2)nc2ccccc12. The zero-order valence-corrected chi connectivity index (χ0v) is 18.7. The highest BCUT2D eigenvalue weighted by molar-refractivity contribution is 7.10. The zero-order chi connectivity index (χ0) is 22.8. The number of benzene rings is 2. The lowest BCUT2D eigenvalue weighted by atomic mass is 10.0. The molecule has 0 atom stereocenters. The maximum atomic E-state index is 13.3. The number of pyridine rings is 1. The minimum Gasteiger partial charge on any atom is -0.351 e. The number of amides is 2. The van der Waals surface area contributed by atoms with Gasteiger partial charge in [-0.15, -0.1) is 11.3 Å². The number of aromatic nitrogens is 1. The average molecular weight is 460 g/mol. The van der Waals surface area contributed by atoms with Gasteiger partial charge in [0.2, 0.25) is 5.91 Å². The maximum Gasteiger partial charge on any atom is 0.252 e. The number of carbonyl (C=O) groups is 2. The van der Waals surface area contributed by atoms with Crippen molar-refractivity contribution in [3.63, 3.8) is 0 Å². The van der Waals surface area contributed by atoms with Crippen LogP contribution in [0.25, 0.3) is 22.2 Å². The molecule has 1 aliphatic heterocycles. The molecule has 5 nitrogen and oxygen atoms in total. The minimum absolute atomic E-state index is 0.0405. The second-order valence-corrected chi connectivity index (χ2v) is 9.02. The van der Waals surface area contributed by atoms with Crippen LogP contribution in [-0.4, -0.2) is 34.8 Å². The fraction of sp³-hybridized carbons (Fsp3) is 0.192. The van der Waals surface area contributed by atoms with Crippen LogP contribution in [-0.2, 0) is 17.8 Å². The monoisotopic (exact) mass is 459 g/mol. The fourth-order valence-corrected chi connectivity index (χ4v) is 5.02. The highest BCUT2D eigenvalue weighted by Gasteiger charge is 2.21. The van der Waals surface area contributed by atoms with Gasteiger partial charge in [0.05, 0.1) is 16.8 Å². The van der Waals surface area contributed by atoms with Crippen LogP contribution in [0.15, 0.2) is 66.0 Å². The van der Waals surface area contributed by atoms with Gasteiger partial charge in [-0.1, -0.05) is 18.2 Å². The molecule has 0 aliphatic carbocycles. The van der Waals surface area contributed by atoms with E-state index >= 15 is 0 Å². The van der Waals surface area contributed by atoms with Gasteiger partial charge in [-0.25, -0.2) is 9.37 Å². The third-order valence-corrected chi connectivity index (χ3v) is 6.91. The van der Waals surface area contributed by atoms with Crippen LogP contribution in [0.4, 0.5) is 4.39 Å². The number of fused-ring (bicyclic) bond motifs is 2. The first kappa shape index (κ1) is 21.3. The van der Waals surface area contributed by atoms with Crippen LogP contribution in [0.1, 0.15) is 27.2 Å². The molecule has 1 N–H and O–H groups in total. The Morgan fingerprint density at radius 3 is 2.76 bits per heavy atom. The average Bonchev–Trinajstić information content (AvgIpc) is 3.31. The van der Waals surface area contributed by atoms with Crippen LogP contribution in [0, 0.1) is 5.82 Å². The van der Waals surface area contributed by atoms with Crippen LogP contribution in [0.2, 0.25) is 0 Å². The molecule has 33 heavy (non-hydrogen) atoms. The second-order valence-electron chi connectivity index (χ2n) is 8.02. The van der Waals surface area contributed by atoms with Crippen LogP contribution >= 0.6 is 11.3 Å². The molecule has 0 fully saturated rings. The smallest absolute Gasteiger partial charge is 0.252 e. The molecule has 1 aliphatic rings. The Labute approximate surface area is 194 Å². The fourth-order valence-electron chi connectivity index (χ4n) is 4.13. The number of halogens is 1. The van der Waals surface area contributed by atoms with Crippen LogP contribution in [0.5, 0.6) is 0 Å². The summed E-state index contributed by atoms with van der Waals surface area (Å²) < 4.78 is 13.3. The van der Waals surface area contributed by atoms with Crippen LogP contribution < -0.4 is 5.32 Å². The van der Waals surface area contributed by atoms with Crippen molar-refractivity contribution in [1.29, 1.82) is 0 Å². The van der Waals surface area contributed by atoms with E-state index in [4.69, 9.17) is 0 Å². The molecule has 0 unspecified atom stereocenters. The summed E-state index contributed by atoms with van der Waals surface area (Å²) >= 11 is 1.74. The van der Waals surface area contributed by atoms with Crippen molar-refractivity contribution in [2.45, 2.75) is 19.4 Å². The van der Waals surface area contributed by atoms with E-state index < -0.39 is 0 Å². The first-order valence-corrected chi connectivity index (χ1v) is 11.7. The molecule has 0 radical (unpaired) electrons. The lowest BCUT2D eigenvalue weighted by Crippen LogP contribution is -2.37. The molecule has 166 valence electrons. The summed E-state index contributed by atoms with van der Waals surface area (Å²) in [6.07, 6.45) is 1.14. The van der Waals surface area contributed by atoms with Gasteiger partial charge in [-0.2, -0.15) is 0 Å². The van der Waals surface area contributed by atoms with Gasteiger partial charge in [0, 0.05) is 41.9 Å². The maximum absolute atomic E-state index is 13.3. The van der Waals surface area contributed by atoms with E-state index in [1.54, 1.807) is 29.5 Å². The Kier molecular flexibility index (Phi) is 5.88. The summed E-state index contributed by atoms with van der Waals surface area (Å²) in [4.78, 5) is 33.6. The summed E-state index contributed by atoms with van der Waals surface area (Å²) in [6, 6.07) is 17.2. The van der Waals surface area contributed by atoms with Crippen molar-refractivity contribution in [1.82, 2.24) is 15.2 Å². The number of nitrogens with zero attached hydrogens (tertiary/aromatic N) is 2. The van der Waals surface area contributed by atoms with E-state index in [9.17, 15) is 14.0 Å². The van der Waals surface area contributed by atoms with E-state index in [0.717, 1.165) is 23.9 Å². The van der Waals surface area contributed by atoms with Gasteiger partial charge in [-0.3, -0.25) is 9.59 Å². The molecular formula is C26H22FN3O2S. The highest BCUT2D eigenvalue weighted by atomic mass is 32.1. The van der Waals surface area contributed by atoms with E-state index in [2.05, 4.69) is 21.7 Å². The quantitative estimate of drug-likeness (QED) is 0.466. The molecule has 2 amide bonds. The molecule has 0 spiro atoms. The molecule has 5 rings (SSSR count). The predicted octanol–water partition coefficient (Wildman–Crippen LogP) is 4.81. The first-order valence-electron chi connectivity index (χ1n) is 10.9. The third-order valence-electron chi connectivity index (χ3n) is 5.89. The number of para-hydroxylation sites is 1. The second kappa shape index (κ2) is 9.11. The summed E-state index contributed by atoms with van der Waals surface area (Å²) in [6.45, 7) is 1.62. The normalized spacial score (nSPS) is 13.1. The van der Waals surface area contributed by atoms with Crippen LogP contribution in [0.3, 0.4) is 0 Å². The van der Waals surface area contributed by atoms with Crippen molar-refractivity contribution < 1.29 is 14.0 Å². The number of hydrogen-bond donors (Lipinski definition) is 1. The number of nitrogens with one attached hydrogen (secondary N) is 1. The molecule has 0 saturated heterocycles. The van der Waals surface area contributed by atoms with Crippen molar-refractivity contribution in [2.24, 2.45) is 0 Å². The lowest BCUT2D eigenvalue weighted by Gasteiger charge is -2.27. The third kappa shape index (κ3) is 4.50. The van der Waals surface area contributed by atoms with E-state index in [0.29, 0.717) is 23.3 Å². The van der Waals surface area contributed by atoms with Gasteiger partial charge < -0.3 is 10.2 Å². The van der Waals surface area contributed by atoms with Crippen molar-refractivity contribution in [2.75, 3.05) is 13.1 Å². The van der Waals surface area contributed by atoms with Gasteiger partial charge in [0.25, 0.3) is 5.91 Å². The van der Waals surface area contributed by atoms with Gasteiger partial charge in [0.1, 0.15) is 5.82 Å². The molecule has 0 bridgehead atoms. The largest absolute Gasteiger partial charge is 0.351 e. The number of carbonyl (C=O) groups excluding carboxylic acids is 2. The number of thiophene rings is 1. The Hall–Kier alpha value is -3.58. The summed E-state index contributed by atoms with van der Waals surface area (Å²) in [5.74, 6) is -0.548. The summed E-state index contributed by atoms with van der Waals surface area (Å²) in [5, 5.41) is 5.69. The molecule has 3 heterocycles. The molecule has 2 aromatic heterocycles. The summed E-state index contributed by atoms with van der Waals surface area (Å²) in [7, 11) is 0. The Balaban J connectivity index is 1.30. The van der Waals surface area contributed by atoms with Crippen molar-refractivity contribution in [3.8, 4) is 11.3 Å². The topological polar surface area (TPSA) is 62.3 Å². The number of rotatable bonds is 5. The number of hydrogen-bond acceptors (Lipinski definition) is 4. The Bertz CT molecular complexity index is 1330. The van der Waals surface area contributed by atoms with E-state index in [1.165, 1.54) is 22.6 Å². The van der Waals surface area contributed by atoms with Crippen molar-refractivity contribution in [3.05, 3.63) is 87.9 Å². The molecule has 4 aromatic rings. The molecule has 0 saturated carbocycles. The van der Waals surface area contributed by atoms with Gasteiger partial charge in [-0.05, 0) is 59.8 Å². The van der Waals surface area contributed by atoms with Gasteiger partial charge >= 0.3 is 0 Å². The highest BCUT2D eigenvalue weighted by Crippen LogP contribution is 2.26. The standard InChI is InChI=1S/C26H22FN3O2S/c27-19-7-5-17(6-8-19)23-15-21(20-3-1-2-4-22(20)29-23)26(32)28-12-9-25(31)30-13-10-24-18(16-30)11-14-33-24/h1-8,11,14-15H,9-10,12-13,16H2,(H,28,32). The summed E-state index contributed by atoms with van der Waals surface area (Å²) in [5.41, 5.74) is 3.70. The van der Waals surface area contributed by atoms with E-state index in [1.807, 2.05) is 29.2 Å². The molecule has 7 heteroatoms. The van der Waals surface area contributed by atoms with Gasteiger partial charge in [0.15, 0.2) is 0 Å². The molecular weight excluding hydrogens is 437 g/mol. The van der Waals surface area contributed by atoms with E-state index in [-0.39, 0.29) is 30.6 Å². The minimum atomic E-state index is -0.328. The Morgan fingerprint density at radius 1 is 1.09 bits per heavy atom. The van der Waals surface area contributed by atoms with Crippen molar-refractivity contribution >= 4 is 34.1 Å². The zero-order valence-electron chi connectivity index (χ0n) is 17.9. The molecule has 2 aromatic carbocycles. The Morgan fingerprint density at radius 2 is 1.91 bits per heavy atom. The predicted molar refractivity (Wildman–Crippen MR) is 128 cm³/mol.